The Labute approximate surface area is 168 Å². The molecule has 0 unspecified atom stereocenters. The second-order valence-electron chi connectivity index (χ2n) is 5.80. The van der Waals surface area contributed by atoms with Crippen molar-refractivity contribution in [1.82, 2.24) is 5.32 Å². The minimum atomic E-state index is -0.716. The van der Waals surface area contributed by atoms with Crippen LogP contribution >= 0.6 is 11.6 Å². The van der Waals surface area contributed by atoms with E-state index in [0.29, 0.717) is 10.8 Å². The Bertz CT molecular complexity index is 837. The van der Waals surface area contributed by atoms with E-state index in [1.54, 1.807) is 18.2 Å². The third kappa shape index (κ3) is 5.07. The van der Waals surface area contributed by atoms with E-state index < -0.39 is 18.5 Å². The van der Waals surface area contributed by atoms with Crippen molar-refractivity contribution in [2.75, 3.05) is 27.9 Å². The Morgan fingerprint density at radius 3 is 2.18 bits per heavy atom. The van der Waals surface area contributed by atoms with Gasteiger partial charge in [0.2, 0.25) is 5.75 Å². The number of carbonyl (C=O) groups is 2. The molecule has 0 radical (unpaired) electrons. The van der Waals surface area contributed by atoms with Crippen molar-refractivity contribution in [3.8, 4) is 17.2 Å². The lowest BCUT2D eigenvalue weighted by Crippen LogP contribution is -2.31. The molecule has 0 fully saturated rings. The summed E-state index contributed by atoms with van der Waals surface area (Å²) < 4.78 is 20.8. The third-order valence-electron chi connectivity index (χ3n) is 4.01. The van der Waals surface area contributed by atoms with Gasteiger partial charge in [0, 0.05) is 5.02 Å². The van der Waals surface area contributed by atoms with Gasteiger partial charge < -0.3 is 24.3 Å². The molecule has 28 heavy (non-hydrogen) atoms. The second kappa shape index (κ2) is 9.85. The number of nitrogens with one attached hydrogen (secondary N) is 1. The zero-order valence-corrected chi connectivity index (χ0v) is 16.8. The fourth-order valence-electron chi connectivity index (χ4n) is 2.59. The number of methoxy groups -OCH3 is 3. The van der Waals surface area contributed by atoms with Crippen LogP contribution in [0.5, 0.6) is 17.2 Å². The van der Waals surface area contributed by atoms with Gasteiger partial charge in [0.05, 0.1) is 27.4 Å². The Morgan fingerprint density at radius 1 is 0.964 bits per heavy atom. The summed E-state index contributed by atoms with van der Waals surface area (Å²) in [5, 5.41) is 3.37. The van der Waals surface area contributed by atoms with Gasteiger partial charge in [-0.1, -0.05) is 23.7 Å². The smallest absolute Gasteiger partial charge is 0.342 e. The molecular formula is C20H22ClNO6. The number of rotatable bonds is 8. The Kier molecular flexibility index (Phi) is 7.52. The van der Waals surface area contributed by atoms with E-state index >= 15 is 0 Å². The average molecular weight is 408 g/mol. The molecule has 0 saturated heterocycles. The summed E-state index contributed by atoms with van der Waals surface area (Å²) in [4.78, 5) is 24.5. The maximum Gasteiger partial charge on any atom is 0.342 e. The van der Waals surface area contributed by atoms with Crippen LogP contribution in [0.3, 0.4) is 0 Å². The molecule has 2 aromatic rings. The number of hydrogen-bond acceptors (Lipinski definition) is 6. The quantitative estimate of drug-likeness (QED) is 0.675. The van der Waals surface area contributed by atoms with Gasteiger partial charge in [0.1, 0.15) is 5.56 Å². The molecule has 0 aliphatic heterocycles. The molecule has 1 N–H and O–H groups in total. The third-order valence-corrected chi connectivity index (χ3v) is 4.26. The summed E-state index contributed by atoms with van der Waals surface area (Å²) in [7, 11) is 4.30. The molecule has 7 nitrogen and oxygen atoms in total. The van der Waals surface area contributed by atoms with Gasteiger partial charge in [0.25, 0.3) is 5.91 Å². The molecular weight excluding hydrogens is 386 g/mol. The van der Waals surface area contributed by atoms with Gasteiger partial charge in [-0.15, -0.1) is 0 Å². The fraction of sp³-hybridized carbons (Fsp3) is 0.300. The molecule has 0 spiro atoms. The second-order valence-corrected chi connectivity index (χ2v) is 6.24. The molecule has 0 aromatic heterocycles. The fourth-order valence-corrected chi connectivity index (χ4v) is 2.71. The van der Waals surface area contributed by atoms with E-state index in [9.17, 15) is 9.59 Å². The zero-order valence-electron chi connectivity index (χ0n) is 16.1. The summed E-state index contributed by atoms with van der Waals surface area (Å²) in [6.45, 7) is 1.38. The molecule has 2 rings (SSSR count). The largest absolute Gasteiger partial charge is 0.493 e. The highest BCUT2D eigenvalue weighted by Gasteiger charge is 2.22. The number of benzene rings is 2. The molecule has 0 saturated carbocycles. The van der Waals surface area contributed by atoms with Crippen LogP contribution in [0, 0.1) is 0 Å². The van der Waals surface area contributed by atoms with Crippen LogP contribution in [0.4, 0.5) is 0 Å². The summed E-state index contributed by atoms with van der Waals surface area (Å²) in [6, 6.07) is 9.88. The topological polar surface area (TPSA) is 83.1 Å². The number of amides is 1. The summed E-state index contributed by atoms with van der Waals surface area (Å²) in [5.74, 6) is -0.310. The predicted molar refractivity (Wildman–Crippen MR) is 104 cm³/mol. The van der Waals surface area contributed by atoms with Gasteiger partial charge in [-0.3, -0.25) is 4.79 Å². The van der Waals surface area contributed by atoms with Crippen molar-refractivity contribution in [2.45, 2.75) is 13.0 Å². The molecule has 0 aliphatic rings. The van der Waals surface area contributed by atoms with Gasteiger partial charge in [0.15, 0.2) is 18.1 Å². The van der Waals surface area contributed by atoms with Crippen molar-refractivity contribution >= 4 is 23.5 Å². The van der Waals surface area contributed by atoms with E-state index in [4.69, 9.17) is 30.5 Å². The number of hydrogen-bond donors (Lipinski definition) is 1. The van der Waals surface area contributed by atoms with Crippen molar-refractivity contribution < 1.29 is 28.5 Å². The maximum atomic E-state index is 12.4. The lowest BCUT2D eigenvalue weighted by molar-refractivity contribution is -0.124. The zero-order chi connectivity index (χ0) is 20.7. The van der Waals surface area contributed by atoms with E-state index in [1.165, 1.54) is 27.4 Å². The first-order chi connectivity index (χ1) is 13.4. The van der Waals surface area contributed by atoms with Crippen LogP contribution in [0.25, 0.3) is 0 Å². The van der Waals surface area contributed by atoms with E-state index in [1.807, 2.05) is 19.1 Å². The van der Waals surface area contributed by atoms with Crippen molar-refractivity contribution in [3.05, 3.63) is 52.5 Å². The van der Waals surface area contributed by atoms with E-state index in [-0.39, 0.29) is 23.1 Å². The van der Waals surface area contributed by atoms with Crippen molar-refractivity contribution in [1.29, 1.82) is 0 Å². The first kappa shape index (κ1) is 21.4. The maximum absolute atomic E-state index is 12.4. The summed E-state index contributed by atoms with van der Waals surface area (Å²) in [6.07, 6.45) is 0. The predicted octanol–water partition coefficient (Wildman–Crippen LogP) is 3.40. The van der Waals surface area contributed by atoms with Crippen LogP contribution in [0.15, 0.2) is 36.4 Å². The Balaban J connectivity index is 2.01. The van der Waals surface area contributed by atoms with Gasteiger partial charge in [-0.2, -0.15) is 0 Å². The molecule has 1 amide bonds. The van der Waals surface area contributed by atoms with Crippen LogP contribution in [0.1, 0.15) is 28.9 Å². The summed E-state index contributed by atoms with van der Waals surface area (Å²) in [5.41, 5.74) is 1.00. The molecule has 2 aromatic carbocycles. The first-order valence-corrected chi connectivity index (χ1v) is 8.80. The highest BCUT2D eigenvalue weighted by atomic mass is 35.5. The molecule has 1 atom stereocenters. The molecule has 0 bridgehead atoms. The van der Waals surface area contributed by atoms with Crippen LogP contribution in [-0.4, -0.2) is 39.8 Å². The number of ether oxygens (including phenoxy) is 4. The lowest BCUT2D eigenvalue weighted by atomic mass is 10.1. The molecule has 150 valence electrons. The van der Waals surface area contributed by atoms with Crippen molar-refractivity contribution in [3.63, 3.8) is 0 Å². The number of halogens is 1. The van der Waals surface area contributed by atoms with Crippen LogP contribution < -0.4 is 19.5 Å². The SMILES string of the molecule is COc1ccc(C(=O)OCC(=O)N[C@@H](C)c2ccc(Cl)cc2)c(OC)c1OC. The average Bonchev–Trinajstić information content (AvgIpc) is 2.70. The highest BCUT2D eigenvalue weighted by Crippen LogP contribution is 2.39. The molecule has 0 aliphatic carbocycles. The highest BCUT2D eigenvalue weighted by molar-refractivity contribution is 6.30. The van der Waals surface area contributed by atoms with Gasteiger partial charge >= 0.3 is 5.97 Å². The first-order valence-electron chi connectivity index (χ1n) is 8.42. The van der Waals surface area contributed by atoms with Gasteiger partial charge in [-0.05, 0) is 36.8 Å². The van der Waals surface area contributed by atoms with Crippen molar-refractivity contribution in [2.24, 2.45) is 0 Å². The Hall–Kier alpha value is -2.93. The Morgan fingerprint density at radius 2 is 1.61 bits per heavy atom. The minimum absolute atomic E-state index is 0.124. The monoisotopic (exact) mass is 407 g/mol. The lowest BCUT2D eigenvalue weighted by Gasteiger charge is -2.16. The van der Waals surface area contributed by atoms with E-state index in [0.717, 1.165) is 5.56 Å². The minimum Gasteiger partial charge on any atom is -0.493 e. The van der Waals surface area contributed by atoms with Gasteiger partial charge in [-0.25, -0.2) is 4.79 Å². The van der Waals surface area contributed by atoms with Crippen LogP contribution in [-0.2, 0) is 9.53 Å². The molecule has 0 heterocycles. The number of carbonyl (C=O) groups excluding carboxylic acids is 2. The number of esters is 1. The summed E-state index contributed by atoms with van der Waals surface area (Å²) >= 11 is 5.86. The standard InChI is InChI=1S/C20H22ClNO6/c1-12(13-5-7-14(21)8-6-13)22-17(23)11-28-20(24)15-9-10-16(25-2)19(27-4)18(15)26-3/h5-10,12H,11H2,1-4H3,(H,22,23)/t12-/m0/s1. The van der Waals surface area contributed by atoms with E-state index in [2.05, 4.69) is 5.32 Å². The molecule has 8 heteroatoms. The van der Waals surface area contributed by atoms with Crippen LogP contribution in [0.2, 0.25) is 5.02 Å². The normalized spacial score (nSPS) is 11.3.